The predicted octanol–water partition coefficient (Wildman–Crippen LogP) is 2.61. The monoisotopic (exact) mass is 337 g/mol. The topological polar surface area (TPSA) is 61.9 Å². The first-order valence-electron chi connectivity index (χ1n) is 8.06. The number of piperidine rings is 1. The zero-order valence-electron chi connectivity index (χ0n) is 13.6. The molecular weight excluding hydrogens is 314 g/mol. The van der Waals surface area contributed by atoms with E-state index in [0.29, 0.717) is 13.1 Å². The zero-order valence-corrected chi connectivity index (χ0v) is 14.4. The summed E-state index contributed by atoms with van der Waals surface area (Å²) in [6.07, 6.45) is 2.19. The van der Waals surface area contributed by atoms with Crippen molar-refractivity contribution in [3.05, 3.63) is 21.9 Å². The number of nitrogens with one attached hydrogen (secondary N) is 1. The summed E-state index contributed by atoms with van der Waals surface area (Å²) in [4.78, 5) is 29.1. The fraction of sp³-hybridized carbons (Fsp3) is 0.625. The van der Waals surface area contributed by atoms with Crippen molar-refractivity contribution < 1.29 is 14.3 Å². The molecule has 1 saturated heterocycles. The Morgan fingerprint density at radius 3 is 2.74 bits per heavy atom. The van der Waals surface area contributed by atoms with Gasteiger partial charge in [-0.15, -0.1) is 11.3 Å². The highest BCUT2D eigenvalue weighted by molar-refractivity contribution is 7.10. The molecule has 0 spiro atoms. The van der Waals surface area contributed by atoms with E-state index >= 15 is 0 Å². The molecule has 126 valence electrons. The second-order valence-corrected chi connectivity index (χ2v) is 7.10. The molecular formula is C16H23N3O3S. The van der Waals surface area contributed by atoms with Gasteiger partial charge in [0.2, 0.25) is 0 Å². The van der Waals surface area contributed by atoms with Gasteiger partial charge in [0.1, 0.15) is 0 Å². The van der Waals surface area contributed by atoms with Crippen LogP contribution in [0.2, 0.25) is 0 Å². The van der Waals surface area contributed by atoms with Crippen LogP contribution in [-0.2, 0) is 11.2 Å². The molecule has 0 aliphatic carbocycles. The number of nitrogens with zero attached hydrogens (tertiary/aromatic N) is 2. The van der Waals surface area contributed by atoms with Crippen LogP contribution in [0.15, 0.2) is 11.4 Å². The lowest BCUT2D eigenvalue weighted by Gasteiger charge is -2.36. The maximum atomic E-state index is 12.6. The van der Waals surface area contributed by atoms with Crippen molar-refractivity contribution in [2.24, 2.45) is 0 Å². The molecule has 0 radical (unpaired) electrons. The molecule has 1 aromatic heterocycles. The van der Waals surface area contributed by atoms with Crippen LogP contribution in [0.3, 0.4) is 0 Å². The molecule has 0 aromatic carbocycles. The Bertz CT molecular complexity index is 581. The van der Waals surface area contributed by atoms with Gasteiger partial charge < -0.3 is 19.9 Å². The Balaban J connectivity index is 1.54. The maximum absolute atomic E-state index is 12.6. The van der Waals surface area contributed by atoms with Gasteiger partial charge in [-0.3, -0.25) is 0 Å². The van der Waals surface area contributed by atoms with E-state index in [-0.39, 0.29) is 24.2 Å². The summed E-state index contributed by atoms with van der Waals surface area (Å²) >= 11 is 1.78. The summed E-state index contributed by atoms with van der Waals surface area (Å²) < 4.78 is 4.73. The minimum absolute atomic E-state index is 0.00543. The van der Waals surface area contributed by atoms with Crippen LogP contribution in [0, 0.1) is 0 Å². The highest BCUT2D eigenvalue weighted by atomic mass is 32.1. The second kappa shape index (κ2) is 6.78. The number of methoxy groups -OCH3 is 1. The smallest absolute Gasteiger partial charge is 0.409 e. The van der Waals surface area contributed by atoms with Crippen LogP contribution in [-0.4, -0.2) is 54.7 Å². The van der Waals surface area contributed by atoms with Crippen LogP contribution in [0.25, 0.3) is 0 Å². The second-order valence-electron chi connectivity index (χ2n) is 6.10. The van der Waals surface area contributed by atoms with E-state index in [1.807, 2.05) is 4.90 Å². The maximum Gasteiger partial charge on any atom is 0.409 e. The van der Waals surface area contributed by atoms with E-state index in [9.17, 15) is 9.59 Å². The minimum atomic E-state index is -0.288. The first-order valence-corrected chi connectivity index (χ1v) is 8.94. The highest BCUT2D eigenvalue weighted by Crippen LogP contribution is 2.32. The van der Waals surface area contributed by atoms with E-state index in [1.54, 1.807) is 16.2 Å². The van der Waals surface area contributed by atoms with E-state index < -0.39 is 0 Å². The van der Waals surface area contributed by atoms with E-state index in [0.717, 1.165) is 25.8 Å². The summed E-state index contributed by atoms with van der Waals surface area (Å²) in [5.41, 5.74) is 1.27. The number of carbonyl (C=O) groups excluding carboxylic acids is 2. The van der Waals surface area contributed by atoms with Crippen molar-refractivity contribution in [3.63, 3.8) is 0 Å². The first-order chi connectivity index (χ1) is 11.1. The molecule has 6 nitrogen and oxygen atoms in total. The number of amides is 3. The van der Waals surface area contributed by atoms with Crippen molar-refractivity contribution in [2.75, 3.05) is 26.7 Å². The van der Waals surface area contributed by atoms with Gasteiger partial charge in [-0.05, 0) is 43.2 Å². The van der Waals surface area contributed by atoms with E-state index in [1.165, 1.54) is 17.6 Å². The van der Waals surface area contributed by atoms with Crippen LogP contribution >= 0.6 is 11.3 Å². The van der Waals surface area contributed by atoms with Gasteiger partial charge in [-0.1, -0.05) is 0 Å². The Morgan fingerprint density at radius 1 is 1.30 bits per heavy atom. The first kappa shape index (κ1) is 16.1. The summed E-state index contributed by atoms with van der Waals surface area (Å²) in [5.74, 6) is 0. The molecule has 1 fully saturated rings. The fourth-order valence-corrected chi connectivity index (χ4v) is 4.34. The number of carbonyl (C=O) groups is 2. The molecule has 2 aliphatic heterocycles. The normalized spacial score (nSPS) is 21.7. The Hall–Kier alpha value is -1.76. The van der Waals surface area contributed by atoms with Gasteiger partial charge in [0.15, 0.2) is 0 Å². The van der Waals surface area contributed by atoms with Crippen LogP contribution < -0.4 is 5.32 Å². The standard InChI is InChI=1S/C16H23N3O3S/c1-11-13-6-10-23-14(13)5-9-19(11)15(20)17-12-3-7-18(8-4-12)16(21)22-2/h6,10-12H,3-5,7-9H2,1-2H3,(H,17,20). The average Bonchev–Trinajstić information content (AvgIpc) is 3.04. The summed E-state index contributed by atoms with van der Waals surface area (Å²) in [6.45, 7) is 4.11. The summed E-state index contributed by atoms with van der Waals surface area (Å²) in [7, 11) is 1.40. The Kier molecular flexibility index (Phi) is 4.75. The molecule has 1 unspecified atom stereocenters. The van der Waals surface area contributed by atoms with Gasteiger partial charge in [0, 0.05) is 30.6 Å². The predicted molar refractivity (Wildman–Crippen MR) is 88.7 cm³/mol. The number of hydrogen-bond donors (Lipinski definition) is 1. The molecule has 23 heavy (non-hydrogen) atoms. The van der Waals surface area contributed by atoms with Crippen LogP contribution in [0.1, 0.15) is 36.2 Å². The molecule has 3 heterocycles. The number of fused-ring (bicyclic) bond motifs is 1. The molecule has 3 amide bonds. The summed E-state index contributed by atoms with van der Waals surface area (Å²) in [6, 6.07) is 2.38. The quantitative estimate of drug-likeness (QED) is 0.857. The van der Waals surface area contributed by atoms with Crippen molar-refractivity contribution in [1.29, 1.82) is 0 Å². The van der Waals surface area contributed by atoms with Crippen molar-refractivity contribution >= 4 is 23.5 Å². The number of ether oxygens (including phenoxy) is 1. The molecule has 3 rings (SSSR count). The number of thiophene rings is 1. The van der Waals surface area contributed by atoms with E-state index in [2.05, 4.69) is 23.7 Å². The largest absolute Gasteiger partial charge is 0.453 e. The van der Waals surface area contributed by atoms with Crippen LogP contribution in [0.4, 0.5) is 9.59 Å². The average molecular weight is 337 g/mol. The molecule has 0 bridgehead atoms. The molecule has 1 aromatic rings. The van der Waals surface area contributed by atoms with Crippen molar-refractivity contribution in [2.45, 2.75) is 38.3 Å². The number of likely N-dealkylation sites (tertiary alicyclic amines) is 1. The summed E-state index contributed by atoms with van der Waals surface area (Å²) in [5, 5.41) is 5.23. The fourth-order valence-electron chi connectivity index (χ4n) is 3.38. The lowest BCUT2D eigenvalue weighted by Crippen LogP contribution is -2.51. The molecule has 7 heteroatoms. The van der Waals surface area contributed by atoms with Crippen molar-refractivity contribution in [3.8, 4) is 0 Å². The SMILES string of the molecule is COC(=O)N1CCC(NC(=O)N2CCc3sccc3C2C)CC1. The lowest BCUT2D eigenvalue weighted by atomic mass is 10.0. The molecule has 1 atom stereocenters. The third kappa shape index (κ3) is 3.29. The highest BCUT2D eigenvalue weighted by Gasteiger charge is 2.30. The third-order valence-corrected chi connectivity index (χ3v) is 5.79. The van der Waals surface area contributed by atoms with Crippen LogP contribution in [0.5, 0.6) is 0 Å². The molecule has 1 N–H and O–H groups in total. The van der Waals surface area contributed by atoms with E-state index in [4.69, 9.17) is 4.74 Å². The lowest BCUT2D eigenvalue weighted by molar-refractivity contribution is 0.109. The number of rotatable bonds is 1. The number of urea groups is 1. The number of hydrogen-bond acceptors (Lipinski definition) is 4. The Labute approximate surface area is 140 Å². The molecule has 0 saturated carbocycles. The minimum Gasteiger partial charge on any atom is -0.453 e. The van der Waals surface area contributed by atoms with Gasteiger partial charge in [-0.2, -0.15) is 0 Å². The van der Waals surface area contributed by atoms with Gasteiger partial charge in [0.25, 0.3) is 0 Å². The van der Waals surface area contributed by atoms with Crippen molar-refractivity contribution in [1.82, 2.24) is 15.1 Å². The van der Waals surface area contributed by atoms with Gasteiger partial charge >= 0.3 is 12.1 Å². The van der Waals surface area contributed by atoms with Gasteiger partial charge in [-0.25, -0.2) is 9.59 Å². The molecule has 2 aliphatic rings. The Morgan fingerprint density at radius 2 is 2.04 bits per heavy atom. The zero-order chi connectivity index (χ0) is 16.4. The third-order valence-electron chi connectivity index (χ3n) is 4.79. The van der Waals surface area contributed by atoms with Gasteiger partial charge in [0.05, 0.1) is 13.2 Å².